The molecule has 2 aliphatic rings. The summed E-state index contributed by atoms with van der Waals surface area (Å²) in [5.74, 6) is 6.73. The minimum atomic E-state index is -3.43. The van der Waals surface area contributed by atoms with Gasteiger partial charge in [0.1, 0.15) is 0 Å². The van der Waals surface area contributed by atoms with Crippen LogP contribution in [0.3, 0.4) is 0 Å². The molecule has 1 aromatic carbocycles. The summed E-state index contributed by atoms with van der Waals surface area (Å²) in [7, 11) is -3.43. The molecule has 0 radical (unpaired) electrons. The van der Waals surface area contributed by atoms with E-state index in [1.54, 1.807) is 24.3 Å². The lowest BCUT2D eigenvalue weighted by Crippen LogP contribution is -2.38. The highest BCUT2D eigenvalue weighted by Gasteiger charge is 2.43. The van der Waals surface area contributed by atoms with Gasteiger partial charge in [-0.05, 0) is 61.8 Å². The molecule has 0 spiro atoms. The molecule has 0 unspecified atom stereocenters. The molecule has 1 aromatic rings. The number of sulfonamides is 1. The van der Waals surface area contributed by atoms with Gasteiger partial charge in [0.25, 0.3) is 0 Å². The van der Waals surface area contributed by atoms with Gasteiger partial charge in [-0.1, -0.05) is 11.8 Å². The molecule has 2 saturated carbocycles. The summed E-state index contributed by atoms with van der Waals surface area (Å²) in [6.07, 6.45) is 4.60. The number of nitrogens with one attached hydrogen (secondary N) is 1. The molecule has 21 heavy (non-hydrogen) atoms. The van der Waals surface area contributed by atoms with E-state index in [0.717, 1.165) is 31.2 Å². The molecule has 5 heteroatoms. The first kappa shape index (κ1) is 14.6. The molecule has 0 amide bonds. The zero-order chi connectivity index (χ0) is 14.9. The van der Waals surface area contributed by atoms with Crippen molar-refractivity contribution in [3.8, 4) is 11.8 Å². The van der Waals surface area contributed by atoms with Crippen LogP contribution in [0.15, 0.2) is 29.2 Å². The Balaban J connectivity index is 1.74. The molecule has 0 aromatic heterocycles. The molecule has 3 N–H and O–H groups in total. The summed E-state index contributed by atoms with van der Waals surface area (Å²) in [6.45, 7) is 0.298. The van der Waals surface area contributed by atoms with Gasteiger partial charge in [0.15, 0.2) is 0 Å². The molecule has 0 aliphatic heterocycles. The standard InChI is InChI=1S/C16H20N2O2S/c17-11-1-2-12-3-9-15(10-4-12)21(19,20)18-16(13-5-6-13)14-7-8-14/h3-4,9-10,13-14,16,18H,5-8,11,17H2. The van der Waals surface area contributed by atoms with Crippen LogP contribution < -0.4 is 10.5 Å². The van der Waals surface area contributed by atoms with Crippen molar-refractivity contribution in [1.29, 1.82) is 0 Å². The molecule has 3 rings (SSSR count). The topological polar surface area (TPSA) is 72.2 Å². The molecule has 0 bridgehead atoms. The lowest BCUT2D eigenvalue weighted by Gasteiger charge is -2.17. The van der Waals surface area contributed by atoms with E-state index >= 15 is 0 Å². The second-order valence-electron chi connectivity index (χ2n) is 5.85. The first-order chi connectivity index (χ1) is 10.1. The van der Waals surface area contributed by atoms with Crippen molar-refractivity contribution in [2.75, 3.05) is 6.54 Å². The van der Waals surface area contributed by atoms with Crippen LogP contribution in [0.25, 0.3) is 0 Å². The maximum atomic E-state index is 12.5. The Morgan fingerprint density at radius 1 is 1.14 bits per heavy atom. The minimum Gasteiger partial charge on any atom is -0.320 e. The van der Waals surface area contributed by atoms with Gasteiger partial charge in [0.05, 0.1) is 11.4 Å². The summed E-state index contributed by atoms with van der Waals surface area (Å²) in [5, 5.41) is 0. The summed E-state index contributed by atoms with van der Waals surface area (Å²) in [5.41, 5.74) is 6.10. The van der Waals surface area contributed by atoms with E-state index in [4.69, 9.17) is 5.73 Å². The van der Waals surface area contributed by atoms with Gasteiger partial charge in [-0.3, -0.25) is 0 Å². The zero-order valence-electron chi connectivity index (χ0n) is 11.9. The van der Waals surface area contributed by atoms with E-state index in [9.17, 15) is 8.42 Å². The van der Waals surface area contributed by atoms with Gasteiger partial charge in [-0.2, -0.15) is 0 Å². The zero-order valence-corrected chi connectivity index (χ0v) is 12.7. The van der Waals surface area contributed by atoms with Gasteiger partial charge in [-0.15, -0.1) is 0 Å². The Morgan fingerprint density at radius 2 is 1.71 bits per heavy atom. The van der Waals surface area contributed by atoms with Crippen LogP contribution >= 0.6 is 0 Å². The van der Waals surface area contributed by atoms with Gasteiger partial charge in [0.2, 0.25) is 10.0 Å². The second kappa shape index (κ2) is 5.80. The molecular weight excluding hydrogens is 284 g/mol. The third kappa shape index (κ3) is 3.65. The predicted molar refractivity (Wildman–Crippen MR) is 81.9 cm³/mol. The number of benzene rings is 1. The minimum absolute atomic E-state index is 0.131. The van der Waals surface area contributed by atoms with Crippen LogP contribution in [-0.2, 0) is 10.0 Å². The van der Waals surface area contributed by atoms with Crippen molar-refractivity contribution in [1.82, 2.24) is 4.72 Å². The summed E-state index contributed by atoms with van der Waals surface area (Å²) in [4.78, 5) is 0.312. The molecule has 2 fully saturated rings. The van der Waals surface area contributed by atoms with Crippen LogP contribution in [0, 0.1) is 23.7 Å². The monoisotopic (exact) mass is 304 g/mol. The number of hydrogen-bond donors (Lipinski definition) is 2. The van der Waals surface area contributed by atoms with Gasteiger partial charge in [0, 0.05) is 11.6 Å². The molecule has 112 valence electrons. The molecule has 2 aliphatic carbocycles. The lowest BCUT2D eigenvalue weighted by atomic mass is 10.1. The van der Waals surface area contributed by atoms with Gasteiger partial charge >= 0.3 is 0 Å². The van der Waals surface area contributed by atoms with Crippen molar-refractivity contribution >= 4 is 10.0 Å². The quantitative estimate of drug-likeness (QED) is 0.809. The van der Waals surface area contributed by atoms with E-state index in [0.29, 0.717) is 23.3 Å². The van der Waals surface area contributed by atoms with Gasteiger partial charge < -0.3 is 5.73 Å². The van der Waals surface area contributed by atoms with E-state index in [1.165, 1.54) is 0 Å². The number of nitrogens with two attached hydrogens (primary N) is 1. The molecule has 0 heterocycles. The first-order valence-corrected chi connectivity index (χ1v) is 8.90. The van der Waals surface area contributed by atoms with Crippen LogP contribution in [0.1, 0.15) is 31.2 Å². The SMILES string of the molecule is NCC#Cc1ccc(S(=O)(=O)NC(C2CC2)C2CC2)cc1. The molecule has 0 atom stereocenters. The fraction of sp³-hybridized carbons (Fsp3) is 0.500. The third-order valence-corrected chi connectivity index (χ3v) is 5.53. The summed E-state index contributed by atoms with van der Waals surface area (Å²) >= 11 is 0. The van der Waals surface area contributed by atoms with Crippen molar-refractivity contribution in [2.24, 2.45) is 17.6 Å². The van der Waals surface area contributed by atoms with Crippen LogP contribution in [0.2, 0.25) is 0 Å². The van der Waals surface area contributed by atoms with Crippen molar-refractivity contribution in [2.45, 2.75) is 36.6 Å². The Hall–Kier alpha value is -1.35. The van der Waals surface area contributed by atoms with Crippen LogP contribution in [0.5, 0.6) is 0 Å². The van der Waals surface area contributed by atoms with E-state index in [2.05, 4.69) is 16.6 Å². The Labute approximate surface area is 126 Å². The summed E-state index contributed by atoms with van der Waals surface area (Å²) < 4.78 is 27.8. The second-order valence-corrected chi connectivity index (χ2v) is 7.57. The van der Waals surface area contributed by atoms with Crippen molar-refractivity contribution in [3.63, 3.8) is 0 Å². The number of hydrogen-bond acceptors (Lipinski definition) is 3. The average molecular weight is 304 g/mol. The Morgan fingerprint density at radius 3 is 2.19 bits per heavy atom. The highest BCUT2D eigenvalue weighted by molar-refractivity contribution is 7.89. The van der Waals surface area contributed by atoms with E-state index in [-0.39, 0.29) is 6.04 Å². The highest BCUT2D eigenvalue weighted by Crippen LogP contribution is 2.45. The van der Waals surface area contributed by atoms with E-state index < -0.39 is 10.0 Å². The summed E-state index contributed by atoms with van der Waals surface area (Å²) in [6, 6.07) is 6.80. The van der Waals surface area contributed by atoms with Gasteiger partial charge in [-0.25, -0.2) is 13.1 Å². The molecule has 0 saturated heterocycles. The maximum absolute atomic E-state index is 12.5. The number of rotatable bonds is 5. The maximum Gasteiger partial charge on any atom is 0.240 e. The molecule has 4 nitrogen and oxygen atoms in total. The Kier molecular flexibility index (Phi) is 4.03. The van der Waals surface area contributed by atoms with Crippen LogP contribution in [-0.4, -0.2) is 21.0 Å². The smallest absolute Gasteiger partial charge is 0.240 e. The normalized spacial score (nSPS) is 18.4. The van der Waals surface area contributed by atoms with E-state index in [1.807, 2.05) is 0 Å². The largest absolute Gasteiger partial charge is 0.320 e. The first-order valence-electron chi connectivity index (χ1n) is 7.41. The Bertz CT molecular complexity index is 650. The third-order valence-electron chi connectivity index (χ3n) is 4.05. The van der Waals surface area contributed by atoms with Crippen molar-refractivity contribution < 1.29 is 8.42 Å². The molecular formula is C16H20N2O2S. The average Bonchev–Trinajstić information content (AvgIpc) is 3.36. The fourth-order valence-electron chi connectivity index (χ4n) is 2.61. The highest BCUT2D eigenvalue weighted by atomic mass is 32.2. The fourth-order valence-corrected chi connectivity index (χ4v) is 3.98. The van der Waals surface area contributed by atoms with Crippen LogP contribution in [0.4, 0.5) is 0 Å². The van der Waals surface area contributed by atoms with Crippen molar-refractivity contribution in [3.05, 3.63) is 29.8 Å². The predicted octanol–water partition coefficient (Wildman–Crippen LogP) is 1.46. The lowest BCUT2D eigenvalue weighted by molar-refractivity contribution is 0.471.